The Bertz CT molecular complexity index is 1240. The third-order valence-corrected chi connectivity index (χ3v) is 6.88. The summed E-state index contributed by atoms with van der Waals surface area (Å²) >= 11 is 0. The maximum absolute atomic E-state index is 11.9. The van der Waals surface area contributed by atoms with E-state index in [1.54, 1.807) is 29.2 Å². The van der Waals surface area contributed by atoms with Crippen LogP contribution in [0.3, 0.4) is 0 Å². The van der Waals surface area contributed by atoms with Gasteiger partial charge in [-0.05, 0) is 30.3 Å². The van der Waals surface area contributed by atoms with Crippen LogP contribution < -0.4 is 0 Å². The van der Waals surface area contributed by atoms with E-state index in [-0.39, 0.29) is 0 Å². The molecule has 0 amide bonds. The van der Waals surface area contributed by atoms with Crippen molar-refractivity contribution in [2.24, 2.45) is 0 Å². The van der Waals surface area contributed by atoms with Crippen LogP contribution >= 0.6 is 0 Å². The molecule has 0 aliphatic rings. The lowest BCUT2D eigenvalue weighted by Gasteiger charge is -2.15. The number of carbonyl (C=O) groups excluding carboxylic acids is 1. The standard InChI is InChI=1S/C23H27N5O3Si/c1-30-23(29)18-7-9-24-22(14-18)28-20(8-10-25-28)17-5-6-19-15-26-27(21(19)13-17)16-31-11-12-32(2,3)4/h5-10,13-15H,11-12,16H2,1-4H3. The van der Waals surface area contributed by atoms with Gasteiger partial charge in [0.25, 0.3) is 0 Å². The number of esters is 1. The van der Waals surface area contributed by atoms with Crippen LogP contribution in [0.4, 0.5) is 0 Å². The monoisotopic (exact) mass is 449 g/mol. The number of fused-ring (bicyclic) bond motifs is 1. The van der Waals surface area contributed by atoms with Crippen molar-refractivity contribution in [1.29, 1.82) is 0 Å². The highest BCUT2D eigenvalue weighted by Crippen LogP contribution is 2.26. The first-order valence-electron chi connectivity index (χ1n) is 10.5. The summed E-state index contributed by atoms with van der Waals surface area (Å²) < 4.78 is 14.3. The van der Waals surface area contributed by atoms with Gasteiger partial charge >= 0.3 is 5.97 Å². The first-order valence-corrected chi connectivity index (χ1v) is 14.2. The largest absolute Gasteiger partial charge is 0.465 e. The first kappa shape index (κ1) is 21.9. The average Bonchev–Trinajstić information content (AvgIpc) is 3.42. The first-order chi connectivity index (χ1) is 15.4. The van der Waals surface area contributed by atoms with Crippen molar-refractivity contribution in [3.63, 3.8) is 0 Å². The van der Waals surface area contributed by atoms with Crippen molar-refractivity contribution >= 4 is 24.9 Å². The molecule has 0 saturated carbocycles. The second kappa shape index (κ2) is 9.05. The van der Waals surface area contributed by atoms with Crippen LogP contribution in [0.15, 0.2) is 55.0 Å². The minimum Gasteiger partial charge on any atom is -0.465 e. The van der Waals surface area contributed by atoms with Gasteiger partial charge in [-0.3, -0.25) is 0 Å². The van der Waals surface area contributed by atoms with Gasteiger partial charge in [-0.2, -0.15) is 10.2 Å². The maximum atomic E-state index is 11.9. The van der Waals surface area contributed by atoms with Gasteiger partial charge in [0.2, 0.25) is 0 Å². The number of hydrogen-bond acceptors (Lipinski definition) is 6. The minimum absolute atomic E-state index is 0.415. The van der Waals surface area contributed by atoms with Crippen molar-refractivity contribution in [2.45, 2.75) is 32.4 Å². The zero-order valence-corrected chi connectivity index (χ0v) is 19.8. The summed E-state index contributed by atoms with van der Waals surface area (Å²) in [6, 6.07) is 12.4. The van der Waals surface area contributed by atoms with Gasteiger partial charge in [0.05, 0.1) is 36.3 Å². The lowest BCUT2D eigenvalue weighted by atomic mass is 10.1. The van der Waals surface area contributed by atoms with E-state index in [0.717, 1.165) is 34.8 Å². The van der Waals surface area contributed by atoms with E-state index in [1.165, 1.54) is 7.11 Å². The number of benzene rings is 1. The molecule has 0 spiro atoms. The fourth-order valence-electron chi connectivity index (χ4n) is 3.35. The Morgan fingerprint density at radius 2 is 1.91 bits per heavy atom. The van der Waals surface area contributed by atoms with Gasteiger partial charge in [-0.1, -0.05) is 31.8 Å². The molecule has 0 bridgehead atoms. The highest BCUT2D eigenvalue weighted by atomic mass is 28.3. The molecule has 32 heavy (non-hydrogen) atoms. The van der Waals surface area contributed by atoms with E-state index in [2.05, 4.69) is 40.9 Å². The molecule has 0 radical (unpaired) electrons. The molecule has 0 saturated heterocycles. The Labute approximate surface area is 187 Å². The molecule has 8 nitrogen and oxygen atoms in total. The summed E-state index contributed by atoms with van der Waals surface area (Å²) in [5.74, 6) is 0.123. The lowest BCUT2D eigenvalue weighted by Crippen LogP contribution is -2.22. The molecule has 0 aliphatic carbocycles. The predicted molar refractivity (Wildman–Crippen MR) is 126 cm³/mol. The number of hydrogen-bond donors (Lipinski definition) is 0. The number of pyridine rings is 1. The zero-order chi connectivity index (χ0) is 22.7. The Morgan fingerprint density at radius 1 is 1.06 bits per heavy atom. The molecule has 4 aromatic rings. The van der Waals surface area contributed by atoms with Gasteiger partial charge in [0, 0.05) is 31.8 Å². The molecular weight excluding hydrogens is 422 g/mol. The highest BCUT2D eigenvalue weighted by molar-refractivity contribution is 6.76. The second-order valence-corrected chi connectivity index (χ2v) is 14.4. The fraction of sp³-hybridized carbons (Fsp3) is 0.304. The third-order valence-electron chi connectivity index (χ3n) is 5.18. The number of ether oxygens (including phenoxy) is 2. The number of methoxy groups -OCH3 is 1. The van der Waals surface area contributed by atoms with Crippen LogP contribution in [-0.2, 0) is 16.2 Å². The molecule has 3 heterocycles. The molecular formula is C23H27N5O3Si. The molecule has 0 N–H and O–H groups in total. The van der Waals surface area contributed by atoms with Crippen LogP contribution in [0, 0.1) is 0 Å². The number of aromatic nitrogens is 5. The Morgan fingerprint density at radius 3 is 2.69 bits per heavy atom. The molecule has 1 aromatic carbocycles. The van der Waals surface area contributed by atoms with E-state index in [1.807, 2.05) is 29.1 Å². The van der Waals surface area contributed by atoms with Crippen LogP contribution in [0.2, 0.25) is 25.7 Å². The van der Waals surface area contributed by atoms with Crippen LogP contribution in [0.25, 0.3) is 28.0 Å². The summed E-state index contributed by atoms with van der Waals surface area (Å²) in [7, 11) is 0.226. The highest BCUT2D eigenvalue weighted by Gasteiger charge is 2.15. The quantitative estimate of drug-likeness (QED) is 0.225. The summed E-state index contributed by atoms with van der Waals surface area (Å²) in [6.45, 7) is 8.17. The normalized spacial score (nSPS) is 11.8. The summed E-state index contributed by atoms with van der Waals surface area (Å²) in [5.41, 5.74) is 3.22. The van der Waals surface area contributed by atoms with Crippen LogP contribution in [0.5, 0.6) is 0 Å². The van der Waals surface area contributed by atoms with Gasteiger partial charge < -0.3 is 9.47 Å². The zero-order valence-electron chi connectivity index (χ0n) is 18.8. The molecule has 4 rings (SSSR count). The van der Waals surface area contributed by atoms with Crippen molar-refractivity contribution in [2.75, 3.05) is 13.7 Å². The summed E-state index contributed by atoms with van der Waals surface area (Å²) in [6.07, 6.45) is 5.13. The van der Waals surface area contributed by atoms with Gasteiger partial charge in [0.1, 0.15) is 6.73 Å². The summed E-state index contributed by atoms with van der Waals surface area (Å²) in [4.78, 5) is 16.3. The number of nitrogens with zero attached hydrogens (tertiary/aromatic N) is 5. The van der Waals surface area contributed by atoms with E-state index >= 15 is 0 Å². The van der Waals surface area contributed by atoms with Gasteiger partial charge in [0.15, 0.2) is 5.82 Å². The topological polar surface area (TPSA) is 84.1 Å². The molecule has 9 heteroatoms. The second-order valence-electron chi connectivity index (χ2n) is 8.79. The smallest absolute Gasteiger partial charge is 0.338 e. The van der Waals surface area contributed by atoms with E-state index in [4.69, 9.17) is 9.47 Å². The molecule has 166 valence electrons. The van der Waals surface area contributed by atoms with Gasteiger partial charge in [-0.25, -0.2) is 19.1 Å². The van der Waals surface area contributed by atoms with Crippen molar-refractivity contribution in [3.05, 3.63) is 60.6 Å². The Balaban J connectivity index is 1.62. The SMILES string of the molecule is COC(=O)c1ccnc(-n2nccc2-c2ccc3cnn(COCC[Si](C)(C)C)c3c2)c1. The van der Waals surface area contributed by atoms with Crippen LogP contribution in [-0.4, -0.2) is 52.3 Å². The number of carbonyl (C=O) groups is 1. The van der Waals surface area contributed by atoms with Crippen LogP contribution in [0.1, 0.15) is 10.4 Å². The molecule has 0 fully saturated rings. The van der Waals surface area contributed by atoms with Crippen molar-refractivity contribution in [3.8, 4) is 17.1 Å². The van der Waals surface area contributed by atoms with E-state index in [9.17, 15) is 4.79 Å². The van der Waals surface area contributed by atoms with E-state index < -0.39 is 14.0 Å². The van der Waals surface area contributed by atoms with Crippen molar-refractivity contribution < 1.29 is 14.3 Å². The molecule has 0 unspecified atom stereocenters. The molecule has 3 aromatic heterocycles. The minimum atomic E-state index is -1.13. The summed E-state index contributed by atoms with van der Waals surface area (Å²) in [5, 5.41) is 9.95. The van der Waals surface area contributed by atoms with Gasteiger partial charge in [-0.15, -0.1) is 0 Å². The average molecular weight is 450 g/mol. The molecule has 0 atom stereocenters. The maximum Gasteiger partial charge on any atom is 0.338 e. The van der Waals surface area contributed by atoms with E-state index in [0.29, 0.717) is 18.1 Å². The molecule has 0 aliphatic heterocycles. The van der Waals surface area contributed by atoms with Crippen molar-refractivity contribution in [1.82, 2.24) is 24.5 Å². The lowest BCUT2D eigenvalue weighted by molar-refractivity contribution is 0.0600. The Kier molecular flexibility index (Phi) is 6.20. The Hall–Kier alpha value is -3.30. The fourth-order valence-corrected chi connectivity index (χ4v) is 4.10. The predicted octanol–water partition coefficient (Wildman–Crippen LogP) is 4.38. The third kappa shape index (κ3) is 4.79. The number of rotatable bonds is 8.